The highest BCUT2D eigenvalue weighted by Gasteiger charge is 2.26. The second-order valence-corrected chi connectivity index (χ2v) is 11.7. The summed E-state index contributed by atoms with van der Waals surface area (Å²) in [5, 5.41) is 2.24. The SMILES string of the molecule is CN(CCOc1cccc2ccccc12)CCc1ccc(N(S(C)(=O)=O)S(C)(=O)=O)cc1. The molecule has 3 aromatic rings. The van der Waals surface area contributed by atoms with E-state index in [0.717, 1.165) is 54.1 Å². The molecule has 0 unspecified atom stereocenters. The van der Waals surface area contributed by atoms with E-state index in [-0.39, 0.29) is 5.69 Å². The monoisotopic (exact) mass is 476 g/mol. The van der Waals surface area contributed by atoms with E-state index in [0.29, 0.717) is 10.3 Å². The number of sulfonamides is 2. The molecule has 3 aromatic carbocycles. The highest BCUT2D eigenvalue weighted by atomic mass is 32.3. The lowest BCUT2D eigenvalue weighted by atomic mass is 10.1. The average molecular weight is 477 g/mol. The quantitative estimate of drug-likeness (QED) is 0.447. The summed E-state index contributed by atoms with van der Waals surface area (Å²) in [6, 6.07) is 20.7. The number of hydrogen-bond donors (Lipinski definition) is 0. The van der Waals surface area contributed by atoms with Crippen LogP contribution in [0.25, 0.3) is 10.8 Å². The number of ether oxygens (including phenoxy) is 1. The zero-order valence-electron chi connectivity index (χ0n) is 18.4. The molecule has 0 aliphatic carbocycles. The molecule has 9 heteroatoms. The van der Waals surface area contributed by atoms with Crippen molar-refractivity contribution in [3.05, 3.63) is 72.3 Å². The first-order valence-electron chi connectivity index (χ1n) is 10.1. The van der Waals surface area contributed by atoms with Gasteiger partial charge in [0.15, 0.2) is 0 Å². The Balaban J connectivity index is 1.53. The van der Waals surface area contributed by atoms with Crippen LogP contribution in [0, 0.1) is 0 Å². The van der Waals surface area contributed by atoms with Crippen molar-refractivity contribution >= 4 is 36.5 Å². The van der Waals surface area contributed by atoms with Crippen molar-refractivity contribution in [3.63, 3.8) is 0 Å². The maximum Gasteiger partial charge on any atom is 0.245 e. The summed E-state index contributed by atoms with van der Waals surface area (Å²) in [5.41, 5.74) is 1.09. The van der Waals surface area contributed by atoms with Gasteiger partial charge in [-0.3, -0.25) is 0 Å². The van der Waals surface area contributed by atoms with Crippen LogP contribution in [0.15, 0.2) is 66.7 Å². The molecule has 0 bridgehead atoms. The van der Waals surface area contributed by atoms with Crippen molar-refractivity contribution in [1.82, 2.24) is 4.90 Å². The molecule has 0 amide bonds. The Kier molecular flexibility index (Phi) is 7.43. The van der Waals surface area contributed by atoms with Gasteiger partial charge in [-0.25, -0.2) is 16.8 Å². The van der Waals surface area contributed by atoms with Crippen molar-refractivity contribution < 1.29 is 21.6 Å². The molecule has 0 heterocycles. The van der Waals surface area contributed by atoms with E-state index in [1.165, 1.54) is 12.1 Å². The highest BCUT2D eigenvalue weighted by Crippen LogP contribution is 2.25. The first-order valence-corrected chi connectivity index (χ1v) is 13.8. The van der Waals surface area contributed by atoms with E-state index in [9.17, 15) is 16.8 Å². The minimum Gasteiger partial charge on any atom is -0.492 e. The van der Waals surface area contributed by atoms with E-state index >= 15 is 0 Å². The zero-order chi connectivity index (χ0) is 23.4. The average Bonchev–Trinajstić information content (AvgIpc) is 2.71. The molecule has 7 nitrogen and oxygen atoms in total. The molecule has 0 saturated carbocycles. The third-order valence-electron chi connectivity index (χ3n) is 5.01. The first-order chi connectivity index (χ1) is 15.1. The molecule has 0 aliphatic rings. The van der Waals surface area contributed by atoms with Crippen molar-refractivity contribution in [1.29, 1.82) is 0 Å². The van der Waals surface area contributed by atoms with Crippen LogP contribution in [-0.2, 0) is 26.5 Å². The summed E-state index contributed by atoms with van der Waals surface area (Å²) < 4.78 is 54.0. The fourth-order valence-electron chi connectivity index (χ4n) is 3.48. The maximum atomic E-state index is 11.9. The third kappa shape index (κ3) is 6.21. The van der Waals surface area contributed by atoms with E-state index in [4.69, 9.17) is 4.74 Å². The van der Waals surface area contributed by atoms with E-state index in [2.05, 4.69) is 17.0 Å². The van der Waals surface area contributed by atoms with Crippen molar-refractivity contribution in [2.45, 2.75) is 6.42 Å². The summed E-state index contributed by atoms with van der Waals surface area (Å²) in [5.74, 6) is 0.869. The lowest BCUT2D eigenvalue weighted by molar-refractivity contribution is 0.240. The second-order valence-electron chi connectivity index (χ2n) is 7.77. The summed E-state index contributed by atoms with van der Waals surface area (Å²) in [4.78, 5) is 2.15. The van der Waals surface area contributed by atoms with Crippen molar-refractivity contribution in [2.75, 3.05) is 43.0 Å². The van der Waals surface area contributed by atoms with Gasteiger partial charge in [-0.2, -0.15) is 3.71 Å². The Labute approximate surface area is 190 Å². The summed E-state index contributed by atoms with van der Waals surface area (Å²) >= 11 is 0. The Morgan fingerprint density at radius 3 is 2.06 bits per heavy atom. The lowest BCUT2D eigenvalue weighted by Gasteiger charge is -2.20. The van der Waals surface area contributed by atoms with Gasteiger partial charge in [0.25, 0.3) is 0 Å². The summed E-state index contributed by atoms with van der Waals surface area (Å²) in [6.07, 6.45) is 2.48. The van der Waals surface area contributed by atoms with Gasteiger partial charge in [-0.1, -0.05) is 48.5 Å². The number of hydrogen-bond acceptors (Lipinski definition) is 6. The van der Waals surface area contributed by atoms with Crippen molar-refractivity contribution in [2.24, 2.45) is 0 Å². The molecule has 32 heavy (non-hydrogen) atoms. The number of likely N-dealkylation sites (N-methyl/N-ethyl adjacent to an activating group) is 1. The molecule has 0 radical (unpaired) electrons. The van der Waals surface area contributed by atoms with Crippen LogP contribution in [-0.4, -0.2) is 61.0 Å². The third-order valence-corrected chi connectivity index (χ3v) is 8.26. The molecule has 0 aliphatic heterocycles. The lowest BCUT2D eigenvalue weighted by Crippen LogP contribution is -2.35. The van der Waals surface area contributed by atoms with Crippen LogP contribution in [0.1, 0.15) is 5.56 Å². The Hall–Kier alpha value is -2.62. The number of fused-ring (bicyclic) bond motifs is 1. The van der Waals surface area contributed by atoms with Crippen LogP contribution in [0.3, 0.4) is 0 Å². The smallest absolute Gasteiger partial charge is 0.245 e. The standard InChI is InChI=1S/C23H28N2O5S2/c1-24(17-18-30-23-10-6-8-20-7-4-5-9-22(20)23)16-15-19-11-13-21(14-12-19)25(31(2,26)27)32(3,28)29/h4-14H,15-18H2,1-3H3. The molecule has 0 fully saturated rings. The normalized spacial score (nSPS) is 12.2. The van der Waals surface area contributed by atoms with E-state index in [1.54, 1.807) is 12.1 Å². The van der Waals surface area contributed by atoms with Crippen LogP contribution in [0.2, 0.25) is 0 Å². The van der Waals surface area contributed by atoms with Gasteiger partial charge in [0.05, 0.1) is 18.2 Å². The zero-order valence-corrected chi connectivity index (χ0v) is 20.1. The topological polar surface area (TPSA) is 84.0 Å². The van der Waals surface area contributed by atoms with Gasteiger partial charge in [0, 0.05) is 18.5 Å². The molecular formula is C23H28N2O5S2. The molecule has 172 valence electrons. The highest BCUT2D eigenvalue weighted by molar-refractivity contribution is 8.09. The molecule has 0 N–H and O–H groups in total. The molecule has 0 spiro atoms. The fraction of sp³-hybridized carbons (Fsp3) is 0.304. The number of rotatable bonds is 10. The van der Waals surface area contributed by atoms with Crippen LogP contribution >= 0.6 is 0 Å². The molecule has 3 rings (SSSR count). The molecule has 0 atom stereocenters. The fourth-order valence-corrected chi connectivity index (χ4v) is 6.45. The van der Waals surface area contributed by atoms with Crippen LogP contribution in [0.5, 0.6) is 5.75 Å². The summed E-state index contributed by atoms with van der Waals surface area (Å²) in [6.45, 7) is 2.08. The van der Waals surface area contributed by atoms with Gasteiger partial charge >= 0.3 is 0 Å². The minimum atomic E-state index is -3.94. The predicted molar refractivity (Wildman–Crippen MR) is 129 cm³/mol. The minimum absolute atomic E-state index is 0.107. The van der Waals surface area contributed by atoms with Gasteiger partial charge in [0.2, 0.25) is 20.0 Å². The van der Waals surface area contributed by atoms with Crippen molar-refractivity contribution in [3.8, 4) is 5.75 Å². The molecular weight excluding hydrogens is 448 g/mol. The van der Waals surface area contributed by atoms with Crippen LogP contribution in [0.4, 0.5) is 5.69 Å². The number of anilines is 1. The van der Waals surface area contributed by atoms with E-state index in [1.807, 2.05) is 37.4 Å². The first kappa shape index (κ1) is 24.0. The molecule has 0 aromatic heterocycles. The Bertz CT molecular complexity index is 1240. The van der Waals surface area contributed by atoms with Gasteiger partial charge in [-0.15, -0.1) is 0 Å². The number of nitrogens with zero attached hydrogens (tertiary/aromatic N) is 2. The Morgan fingerprint density at radius 1 is 0.781 bits per heavy atom. The summed E-state index contributed by atoms with van der Waals surface area (Å²) in [7, 11) is -5.87. The van der Waals surface area contributed by atoms with Gasteiger partial charge in [-0.05, 0) is 42.6 Å². The second kappa shape index (κ2) is 9.89. The van der Waals surface area contributed by atoms with Gasteiger partial charge in [0.1, 0.15) is 12.4 Å². The Morgan fingerprint density at radius 2 is 1.41 bits per heavy atom. The van der Waals surface area contributed by atoms with Crippen LogP contribution < -0.4 is 8.45 Å². The number of benzene rings is 3. The molecule has 0 saturated heterocycles. The predicted octanol–water partition coefficient (Wildman–Crippen LogP) is 3.12. The maximum absolute atomic E-state index is 11.9. The van der Waals surface area contributed by atoms with Gasteiger partial charge < -0.3 is 9.64 Å². The largest absolute Gasteiger partial charge is 0.492 e. The van der Waals surface area contributed by atoms with E-state index < -0.39 is 20.0 Å².